The van der Waals surface area contributed by atoms with Crippen LogP contribution in [0.2, 0.25) is 0 Å². The molecule has 120 valence electrons. The highest BCUT2D eigenvalue weighted by Crippen LogP contribution is 2.15. The minimum Gasteiger partial charge on any atom is -0.476 e. The van der Waals surface area contributed by atoms with Gasteiger partial charge >= 0.3 is 0 Å². The van der Waals surface area contributed by atoms with Crippen LogP contribution >= 0.6 is 0 Å². The first-order valence-electron chi connectivity index (χ1n) is 8.13. The summed E-state index contributed by atoms with van der Waals surface area (Å²) >= 11 is 0. The zero-order valence-electron chi connectivity index (χ0n) is 14.3. The minimum atomic E-state index is 0.0754. The molecule has 0 saturated carbocycles. The van der Waals surface area contributed by atoms with Crippen molar-refractivity contribution in [2.45, 2.75) is 72.4 Å². The first-order valence-corrected chi connectivity index (χ1v) is 8.13. The molecule has 0 amide bonds. The van der Waals surface area contributed by atoms with E-state index in [1.54, 1.807) is 12.4 Å². The first-order chi connectivity index (χ1) is 9.94. The molecule has 21 heavy (non-hydrogen) atoms. The van der Waals surface area contributed by atoms with Gasteiger partial charge in [-0.15, -0.1) is 0 Å². The van der Waals surface area contributed by atoms with E-state index in [0.717, 1.165) is 18.7 Å². The van der Waals surface area contributed by atoms with Gasteiger partial charge in [-0.25, -0.2) is 4.98 Å². The molecule has 4 heteroatoms. The van der Waals surface area contributed by atoms with Crippen LogP contribution in [0.3, 0.4) is 0 Å². The monoisotopic (exact) mass is 293 g/mol. The Bertz CT molecular complexity index is 401. The molecule has 0 aliphatic heterocycles. The van der Waals surface area contributed by atoms with Crippen molar-refractivity contribution in [3.8, 4) is 5.88 Å². The van der Waals surface area contributed by atoms with Crippen molar-refractivity contribution in [2.24, 2.45) is 5.92 Å². The van der Waals surface area contributed by atoms with Gasteiger partial charge in [0.2, 0.25) is 5.88 Å². The van der Waals surface area contributed by atoms with Crippen molar-refractivity contribution in [3.05, 3.63) is 18.1 Å². The zero-order valence-corrected chi connectivity index (χ0v) is 14.3. The molecule has 1 heterocycles. The molecule has 0 saturated heterocycles. The molecule has 1 aromatic heterocycles. The van der Waals surface area contributed by atoms with Crippen molar-refractivity contribution in [1.82, 2.24) is 15.3 Å². The van der Waals surface area contributed by atoms with E-state index in [4.69, 9.17) is 4.74 Å². The highest BCUT2D eigenvalue weighted by molar-refractivity contribution is 5.08. The SMILES string of the molecule is CCCCC(CC)COc1cncc(CNC(C)(C)C)n1. The Morgan fingerprint density at radius 3 is 2.62 bits per heavy atom. The molecule has 1 atom stereocenters. The van der Waals surface area contributed by atoms with E-state index >= 15 is 0 Å². The van der Waals surface area contributed by atoms with Crippen LogP contribution in [0.15, 0.2) is 12.4 Å². The van der Waals surface area contributed by atoms with Gasteiger partial charge in [-0.3, -0.25) is 4.98 Å². The van der Waals surface area contributed by atoms with Crippen molar-refractivity contribution in [2.75, 3.05) is 6.61 Å². The molecule has 1 unspecified atom stereocenters. The van der Waals surface area contributed by atoms with Gasteiger partial charge in [0.15, 0.2) is 0 Å². The lowest BCUT2D eigenvalue weighted by Gasteiger charge is -2.20. The van der Waals surface area contributed by atoms with E-state index in [-0.39, 0.29) is 5.54 Å². The molecule has 0 aliphatic carbocycles. The summed E-state index contributed by atoms with van der Waals surface area (Å²) in [5, 5.41) is 3.41. The predicted molar refractivity (Wildman–Crippen MR) is 87.4 cm³/mol. The third kappa shape index (κ3) is 8.00. The van der Waals surface area contributed by atoms with Gasteiger partial charge in [-0.2, -0.15) is 0 Å². The van der Waals surface area contributed by atoms with Crippen LogP contribution in [0.4, 0.5) is 0 Å². The van der Waals surface area contributed by atoms with E-state index in [9.17, 15) is 0 Å². The number of nitrogens with zero attached hydrogens (tertiary/aromatic N) is 2. The fraction of sp³-hybridized carbons (Fsp3) is 0.765. The van der Waals surface area contributed by atoms with Crippen molar-refractivity contribution >= 4 is 0 Å². The summed E-state index contributed by atoms with van der Waals surface area (Å²) in [5.74, 6) is 1.25. The Kier molecular flexibility index (Phi) is 7.65. The molecular weight excluding hydrogens is 262 g/mol. The van der Waals surface area contributed by atoms with Crippen LogP contribution in [0.1, 0.15) is 66.0 Å². The molecule has 0 fully saturated rings. The van der Waals surface area contributed by atoms with Crippen molar-refractivity contribution in [3.63, 3.8) is 0 Å². The van der Waals surface area contributed by atoms with E-state index < -0.39 is 0 Å². The number of ether oxygens (including phenoxy) is 1. The zero-order chi connectivity index (χ0) is 15.7. The fourth-order valence-electron chi connectivity index (χ4n) is 2.00. The summed E-state index contributed by atoms with van der Waals surface area (Å²) < 4.78 is 5.83. The second kappa shape index (κ2) is 8.98. The minimum absolute atomic E-state index is 0.0754. The Morgan fingerprint density at radius 2 is 2.00 bits per heavy atom. The van der Waals surface area contributed by atoms with Crippen LogP contribution < -0.4 is 10.1 Å². The van der Waals surface area contributed by atoms with E-state index in [2.05, 4.69) is 49.9 Å². The topological polar surface area (TPSA) is 47.0 Å². The van der Waals surface area contributed by atoms with Crippen molar-refractivity contribution < 1.29 is 4.74 Å². The molecule has 0 bridgehead atoms. The van der Waals surface area contributed by atoms with Gasteiger partial charge in [0.05, 0.1) is 18.5 Å². The van der Waals surface area contributed by atoms with Gasteiger partial charge < -0.3 is 10.1 Å². The van der Waals surface area contributed by atoms with Gasteiger partial charge in [0.25, 0.3) is 0 Å². The van der Waals surface area contributed by atoms with Crippen LogP contribution in [0.5, 0.6) is 5.88 Å². The molecule has 0 aliphatic rings. The smallest absolute Gasteiger partial charge is 0.232 e. The average Bonchev–Trinajstić information content (AvgIpc) is 2.45. The summed E-state index contributed by atoms with van der Waals surface area (Å²) in [4.78, 5) is 8.74. The van der Waals surface area contributed by atoms with E-state index in [1.165, 1.54) is 19.3 Å². The van der Waals surface area contributed by atoms with E-state index in [1.807, 2.05) is 0 Å². The van der Waals surface area contributed by atoms with Crippen LogP contribution in [-0.2, 0) is 6.54 Å². The largest absolute Gasteiger partial charge is 0.476 e. The van der Waals surface area contributed by atoms with E-state index in [0.29, 0.717) is 18.3 Å². The Morgan fingerprint density at radius 1 is 1.24 bits per heavy atom. The maximum atomic E-state index is 5.83. The van der Waals surface area contributed by atoms with Crippen LogP contribution in [0, 0.1) is 5.92 Å². The maximum Gasteiger partial charge on any atom is 0.232 e. The summed E-state index contributed by atoms with van der Waals surface area (Å²) in [5.41, 5.74) is 0.996. The average molecular weight is 293 g/mol. The lowest BCUT2D eigenvalue weighted by atomic mass is 10.0. The van der Waals surface area contributed by atoms with Crippen LogP contribution in [-0.4, -0.2) is 22.1 Å². The highest BCUT2D eigenvalue weighted by Gasteiger charge is 2.11. The first kappa shape index (κ1) is 17.9. The number of unbranched alkanes of at least 4 members (excludes halogenated alkanes) is 1. The number of nitrogens with one attached hydrogen (secondary N) is 1. The number of aromatic nitrogens is 2. The Labute approximate surface area is 129 Å². The molecule has 4 nitrogen and oxygen atoms in total. The van der Waals surface area contributed by atoms with Crippen molar-refractivity contribution in [1.29, 1.82) is 0 Å². The standard InChI is InChI=1S/C17H31N3O/c1-6-8-9-14(7-2)13-21-16-12-18-10-15(20-16)11-19-17(3,4)5/h10,12,14,19H,6-9,11,13H2,1-5H3. The summed E-state index contributed by atoms with van der Waals surface area (Å²) in [6.07, 6.45) is 8.38. The number of hydrogen-bond acceptors (Lipinski definition) is 4. The number of rotatable bonds is 9. The maximum absolute atomic E-state index is 5.83. The van der Waals surface area contributed by atoms with Gasteiger partial charge in [-0.1, -0.05) is 33.1 Å². The third-order valence-corrected chi connectivity index (χ3v) is 3.47. The molecule has 0 radical (unpaired) electrons. The molecule has 0 aromatic carbocycles. The van der Waals surface area contributed by atoms with Gasteiger partial charge in [0.1, 0.15) is 0 Å². The lowest BCUT2D eigenvalue weighted by molar-refractivity contribution is 0.224. The normalized spacial score (nSPS) is 13.2. The summed E-state index contributed by atoms with van der Waals surface area (Å²) in [6, 6.07) is 0. The predicted octanol–water partition coefficient (Wildman–Crippen LogP) is 3.96. The highest BCUT2D eigenvalue weighted by atomic mass is 16.5. The molecular formula is C17H31N3O. The molecule has 1 aromatic rings. The lowest BCUT2D eigenvalue weighted by Crippen LogP contribution is -2.35. The third-order valence-electron chi connectivity index (χ3n) is 3.47. The number of hydrogen-bond donors (Lipinski definition) is 1. The quantitative estimate of drug-likeness (QED) is 0.748. The summed E-state index contributed by atoms with van der Waals surface area (Å²) in [7, 11) is 0. The summed E-state index contributed by atoms with van der Waals surface area (Å²) in [6.45, 7) is 12.3. The molecule has 1 rings (SSSR count). The van der Waals surface area contributed by atoms with Gasteiger partial charge in [0, 0.05) is 18.3 Å². The van der Waals surface area contributed by atoms with Gasteiger partial charge in [-0.05, 0) is 33.1 Å². The second-order valence-electron chi connectivity index (χ2n) is 6.68. The fourth-order valence-corrected chi connectivity index (χ4v) is 2.00. The molecule has 0 spiro atoms. The van der Waals surface area contributed by atoms with Crippen LogP contribution in [0.25, 0.3) is 0 Å². The second-order valence-corrected chi connectivity index (χ2v) is 6.68. The Hall–Kier alpha value is -1.16. The Balaban J connectivity index is 2.48. The molecule has 1 N–H and O–H groups in total.